The molecule has 106 valence electrons. The molecule has 0 aliphatic rings. The van der Waals surface area contributed by atoms with Gasteiger partial charge in [0, 0.05) is 17.3 Å². The van der Waals surface area contributed by atoms with Crippen LogP contribution >= 0.6 is 11.6 Å². The van der Waals surface area contributed by atoms with Crippen LogP contribution < -0.4 is 11.1 Å². The van der Waals surface area contributed by atoms with Gasteiger partial charge in [-0.05, 0) is 35.9 Å². The van der Waals surface area contributed by atoms with Gasteiger partial charge in [-0.15, -0.1) is 0 Å². The van der Waals surface area contributed by atoms with E-state index < -0.39 is 23.5 Å². The van der Waals surface area contributed by atoms with E-state index in [0.717, 1.165) is 12.1 Å². The molecule has 0 aliphatic carbocycles. The van der Waals surface area contributed by atoms with Crippen molar-refractivity contribution >= 4 is 17.3 Å². The first-order valence-electron chi connectivity index (χ1n) is 5.87. The number of benzene rings is 2. The van der Waals surface area contributed by atoms with Crippen LogP contribution in [0.25, 0.3) is 0 Å². The van der Waals surface area contributed by atoms with Gasteiger partial charge in [0.15, 0.2) is 11.6 Å². The monoisotopic (exact) mass is 300 g/mol. The molecule has 0 heterocycles. The van der Waals surface area contributed by atoms with Crippen LogP contribution in [0.2, 0.25) is 5.02 Å². The lowest BCUT2D eigenvalue weighted by atomic mass is 10.1. The second kappa shape index (κ2) is 6.15. The highest BCUT2D eigenvalue weighted by Crippen LogP contribution is 2.24. The molecule has 2 nitrogen and oxygen atoms in total. The average molecular weight is 301 g/mol. The van der Waals surface area contributed by atoms with E-state index in [2.05, 4.69) is 5.32 Å². The fourth-order valence-electron chi connectivity index (χ4n) is 1.85. The van der Waals surface area contributed by atoms with Gasteiger partial charge < -0.3 is 11.1 Å². The topological polar surface area (TPSA) is 38.0 Å². The predicted octanol–water partition coefficient (Wildman–Crippen LogP) is 3.87. The van der Waals surface area contributed by atoms with E-state index in [1.165, 1.54) is 24.3 Å². The molecule has 20 heavy (non-hydrogen) atoms. The van der Waals surface area contributed by atoms with E-state index >= 15 is 0 Å². The van der Waals surface area contributed by atoms with Gasteiger partial charge in [0.25, 0.3) is 0 Å². The van der Waals surface area contributed by atoms with Crippen LogP contribution in [0.15, 0.2) is 36.4 Å². The maximum atomic E-state index is 13.2. The van der Waals surface area contributed by atoms with Gasteiger partial charge in [0.05, 0.1) is 6.04 Å². The normalized spacial score (nSPS) is 12.2. The zero-order chi connectivity index (χ0) is 14.7. The van der Waals surface area contributed by atoms with Gasteiger partial charge in [-0.1, -0.05) is 17.7 Å². The van der Waals surface area contributed by atoms with Crippen LogP contribution in [0, 0.1) is 17.5 Å². The van der Waals surface area contributed by atoms with Crippen LogP contribution in [-0.2, 0) is 0 Å². The van der Waals surface area contributed by atoms with Gasteiger partial charge in [0.2, 0.25) is 0 Å². The minimum Gasteiger partial charge on any atom is -0.377 e. The Labute approximate surface area is 119 Å². The highest BCUT2D eigenvalue weighted by molar-refractivity contribution is 6.30. The predicted molar refractivity (Wildman–Crippen MR) is 73.2 cm³/mol. The molecule has 0 bridgehead atoms. The van der Waals surface area contributed by atoms with Crippen molar-refractivity contribution < 1.29 is 13.2 Å². The summed E-state index contributed by atoms with van der Waals surface area (Å²) in [6, 6.07) is 6.95. The largest absolute Gasteiger partial charge is 0.377 e. The minimum absolute atomic E-state index is 0.124. The zero-order valence-corrected chi connectivity index (χ0v) is 11.1. The molecule has 0 aliphatic heterocycles. The summed E-state index contributed by atoms with van der Waals surface area (Å²) in [5.41, 5.74) is 6.49. The van der Waals surface area contributed by atoms with Gasteiger partial charge >= 0.3 is 0 Å². The molecule has 1 unspecified atom stereocenters. The van der Waals surface area contributed by atoms with Crippen molar-refractivity contribution in [2.75, 3.05) is 11.9 Å². The first kappa shape index (κ1) is 14.7. The van der Waals surface area contributed by atoms with Crippen molar-refractivity contribution in [3.8, 4) is 0 Å². The number of hydrogen-bond donors (Lipinski definition) is 2. The third kappa shape index (κ3) is 3.43. The molecule has 2 aromatic carbocycles. The molecule has 2 rings (SSSR count). The van der Waals surface area contributed by atoms with Gasteiger partial charge in [-0.25, -0.2) is 13.2 Å². The third-order valence-corrected chi connectivity index (χ3v) is 3.00. The van der Waals surface area contributed by atoms with Crippen molar-refractivity contribution in [3.63, 3.8) is 0 Å². The maximum absolute atomic E-state index is 13.2. The average Bonchev–Trinajstić information content (AvgIpc) is 2.38. The Morgan fingerprint density at radius 3 is 2.40 bits per heavy atom. The molecule has 2 aromatic rings. The lowest BCUT2D eigenvalue weighted by Crippen LogP contribution is -2.21. The third-order valence-electron chi connectivity index (χ3n) is 2.79. The number of nitrogens with one attached hydrogen (secondary N) is 1. The van der Waals surface area contributed by atoms with Crippen molar-refractivity contribution in [2.45, 2.75) is 6.04 Å². The van der Waals surface area contributed by atoms with Crippen LogP contribution in [-0.4, -0.2) is 6.54 Å². The van der Waals surface area contributed by atoms with E-state index in [-0.39, 0.29) is 11.6 Å². The van der Waals surface area contributed by atoms with Gasteiger partial charge in [-0.2, -0.15) is 0 Å². The van der Waals surface area contributed by atoms with E-state index in [4.69, 9.17) is 17.3 Å². The second-order valence-corrected chi connectivity index (χ2v) is 4.70. The van der Waals surface area contributed by atoms with E-state index in [9.17, 15) is 13.2 Å². The van der Waals surface area contributed by atoms with Gasteiger partial charge in [-0.3, -0.25) is 0 Å². The highest BCUT2D eigenvalue weighted by atomic mass is 35.5. The number of hydrogen-bond acceptors (Lipinski definition) is 2. The van der Waals surface area contributed by atoms with Crippen LogP contribution in [0.3, 0.4) is 0 Å². The first-order chi connectivity index (χ1) is 9.49. The fourth-order valence-corrected chi connectivity index (χ4v) is 2.07. The second-order valence-electron chi connectivity index (χ2n) is 4.26. The SMILES string of the molecule is NCC(Nc1cc(F)cc(Cl)c1)c1ccc(F)c(F)c1. The Morgan fingerprint density at radius 2 is 1.80 bits per heavy atom. The Hall–Kier alpha value is -1.72. The number of rotatable bonds is 4. The Bertz CT molecular complexity index is 599. The molecule has 1 atom stereocenters. The van der Waals surface area contributed by atoms with E-state index in [1.54, 1.807) is 0 Å². The highest BCUT2D eigenvalue weighted by Gasteiger charge is 2.13. The molecule has 0 fully saturated rings. The summed E-state index contributed by atoms with van der Waals surface area (Å²) in [6.07, 6.45) is 0. The molecule has 6 heteroatoms. The van der Waals surface area contributed by atoms with Crippen LogP contribution in [0.4, 0.5) is 18.9 Å². The van der Waals surface area contributed by atoms with Crippen molar-refractivity contribution in [1.29, 1.82) is 0 Å². The quantitative estimate of drug-likeness (QED) is 0.899. The van der Waals surface area contributed by atoms with E-state index in [0.29, 0.717) is 11.3 Å². The summed E-state index contributed by atoms with van der Waals surface area (Å²) in [7, 11) is 0. The Kier molecular flexibility index (Phi) is 4.52. The molecule has 3 N–H and O–H groups in total. The summed E-state index contributed by atoms with van der Waals surface area (Å²) >= 11 is 5.75. The number of nitrogens with two attached hydrogens (primary N) is 1. The summed E-state index contributed by atoms with van der Waals surface area (Å²) in [5.74, 6) is -2.39. The lowest BCUT2D eigenvalue weighted by molar-refractivity contribution is 0.506. The summed E-state index contributed by atoms with van der Waals surface area (Å²) in [6.45, 7) is 0.124. The molecule has 0 saturated carbocycles. The summed E-state index contributed by atoms with van der Waals surface area (Å²) in [4.78, 5) is 0. The first-order valence-corrected chi connectivity index (χ1v) is 6.25. The minimum atomic E-state index is -0.958. The zero-order valence-electron chi connectivity index (χ0n) is 10.3. The summed E-state index contributed by atoms with van der Waals surface area (Å²) < 4.78 is 39.4. The Morgan fingerprint density at radius 1 is 1.05 bits per heavy atom. The molecule has 0 amide bonds. The van der Waals surface area contributed by atoms with Crippen LogP contribution in [0.1, 0.15) is 11.6 Å². The van der Waals surface area contributed by atoms with Crippen molar-refractivity contribution in [1.82, 2.24) is 0 Å². The summed E-state index contributed by atoms with van der Waals surface area (Å²) in [5, 5.41) is 3.16. The fraction of sp³-hybridized carbons (Fsp3) is 0.143. The van der Waals surface area contributed by atoms with Crippen molar-refractivity contribution in [2.24, 2.45) is 5.73 Å². The molecule has 0 spiro atoms. The van der Waals surface area contributed by atoms with E-state index in [1.807, 2.05) is 0 Å². The standard InChI is InChI=1S/C14H12ClF3N2/c15-9-4-10(16)6-11(5-9)20-14(7-19)8-1-2-12(17)13(18)3-8/h1-6,14,20H,7,19H2. The molecule has 0 aromatic heterocycles. The lowest BCUT2D eigenvalue weighted by Gasteiger charge is -2.19. The van der Waals surface area contributed by atoms with Crippen molar-refractivity contribution in [3.05, 3.63) is 64.4 Å². The molecular weight excluding hydrogens is 289 g/mol. The smallest absolute Gasteiger partial charge is 0.159 e. The maximum Gasteiger partial charge on any atom is 0.159 e. The molecular formula is C14H12ClF3N2. The van der Waals surface area contributed by atoms with Crippen LogP contribution in [0.5, 0.6) is 0 Å². The molecule has 0 radical (unpaired) electrons. The van der Waals surface area contributed by atoms with Gasteiger partial charge in [0.1, 0.15) is 5.82 Å². The number of halogens is 4. The number of anilines is 1. The Balaban J connectivity index is 2.26. The molecule has 0 saturated heterocycles.